The molecule has 3 nitrogen and oxygen atoms in total. The molecule has 0 aromatic heterocycles. The van der Waals surface area contributed by atoms with Crippen LogP contribution in [0.25, 0.3) is 0 Å². The molecule has 2 atom stereocenters. The number of hydrogen-bond acceptors (Lipinski definition) is 3. The van der Waals surface area contributed by atoms with Gasteiger partial charge in [-0.1, -0.05) is 42.5 Å². The molecule has 19 heavy (non-hydrogen) atoms. The normalized spacial score (nSPS) is 28.9. The molecule has 2 heterocycles. The van der Waals surface area contributed by atoms with Gasteiger partial charge in [0.1, 0.15) is 0 Å². The maximum absolute atomic E-state index is 6.09. The Morgan fingerprint density at radius 3 is 2.79 bits per heavy atom. The fraction of sp³-hybridized carbons (Fsp3) is 0.500. The second-order valence-electron chi connectivity index (χ2n) is 5.71. The smallest absolute Gasteiger partial charge is 0.0407 e. The van der Waals surface area contributed by atoms with Crippen molar-refractivity contribution in [3.8, 4) is 0 Å². The molecule has 2 aliphatic rings. The first-order chi connectivity index (χ1) is 9.31. The Labute approximate surface area is 115 Å². The number of hydrogen-bond donors (Lipinski definition) is 1. The van der Waals surface area contributed by atoms with Crippen LogP contribution in [0.3, 0.4) is 0 Å². The van der Waals surface area contributed by atoms with Gasteiger partial charge >= 0.3 is 0 Å². The Morgan fingerprint density at radius 2 is 1.95 bits per heavy atom. The maximum Gasteiger partial charge on any atom is 0.0407 e. The molecule has 0 amide bonds. The van der Waals surface area contributed by atoms with Gasteiger partial charge in [-0.25, -0.2) is 0 Å². The quantitative estimate of drug-likeness (QED) is 0.814. The molecular formula is C16H23N3. The van der Waals surface area contributed by atoms with E-state index in [1.165, 1.54) is 5.56 Å². The lowest BCUT2D eigenvalue weighted by molar-refractivity contribution is 0.0905. The summed E-state index contributed by atoms with van der Waals surface area (Å²) in [5.41, 5.74) is 7.50. The van der Waals surface area contributed by atoms with Gasteiger partial charge in [0.2, 0.25) is 0 Å². The van der Waals surface area contributed by atoms with Crippen molar-refractivity contribution < 1.29 is 0 Å². The summed E-state index contributed by atoms with van der Waals surface area (Å²) in [6, 6.07) is 11.6. The molecule has 0 bridgehead atoms. The molecule has 1 aromatic rings. The van der Waals surface area contributed by atoms with Gasteiger partial charge in [-0.2, -0.15) is 0 Å². The van der Waals surface area contributed by atoms with Gasteiger partial charge < -0.3 is 5.73 Å². The summed E-state index contributed by atoms with van der Waals surface area (Å²) in [6.07, 6.45) is 5.64. The zero-order valence-corrected chi connectivity index (χ0v) is 11.4. The van der Waals surface area contributed by atoms with Crippen LogP contribution in [-0.4, -0.2) is 48.1 Å². The third-order valence-corrected chi connectivity index (χ3v) is 4.13. The van der Waals surface area contributed by atoms with Gasteiger partial charge in [0.05, 0.1) is 0 Å². The second-order valence-corrected chi connectivity index (χ2v) is 5.71. The minimum atomic E-state index is 0.307. The lowest BCUT2D eigenvalue weighted by Crippen LogP contribution is -2.53. The van der Waals surface area contributed by atoms with Crippen LogP contribution >= 0.6 is 0 Å². The first-order valence-electron chi connectivity index (χ1n) is 7.24. The molecule has 3 heteroatoms. The van der Waals surface area contributed by atoms with Crippen molar-refractivity contribution in [3.63, 3.8) is 0 Å². The number of nitrogens with two attached hydrogens (primary N) is 1. The van der Waals surface area contributed by atoms with E-state index in [4.69, 9.17) is 5.73 Å². The second kappa shape index (κ2) is 5.87. The predicted molar refractivity (Wildman–Crippen MR) is 78.8 cm³/mol. The van der Waals surface area contributed by atoms with E-state index in [-0.39, 0.29) is 0 Å². The van der Waals surface area contributed by atoms with Crippen LogP contribution in [0.15, 0.2) is 42.5 Å². The molecule has 0 saturated carbocycles. The zero-order valence-electron chi connectivity index (χ0n) is 11.4. The molecule has 0 spiro atoms. The van der Waals surface area contributed by atoms with Gasteiger partial charge in [0.25, 0.3) is 0 Å². The van der Waals surface area contributed by atoms with Crippen molar-refractivity contribution in [2.45, 2.75) is 25.0 Å². The lowest BCUT2D eigenvalue weighted by atomic mass is 10.1. The number of nitrogens with zero attached hydrogens (tertiary/aromatic N) is 2. The highest BCUT2D eigenvalue weighted by Gasteiger charge is 2.27. The van der Waals surface area contributed by atoms with Crippen LogP contribution in [0.4, 0.5) is 0 Å². The van der Waals surface area contributed by atoms with Crippen LogP contribution in [-0.2, 0) is 6.54 Å². The average molecular weight is 257 g/mol. The largest absolute Gasteiger partial charge is 0.326 e. The van der Waals surface area contributed by atoms with E-state index in [9.17, 15) is 0 Å². The topological polar surface area (TPSA) is 32.5 Å². The summed E-state index contributed by atoms with van der Waals surface area (Å²) in [5.74, 6) is 0. The molecule has 3 rings (SSSR count). The molecule has 1 aromatic carbocycles. The van der Waals surface area contributed by atoms with Crippen LogP contribution in [0.2, 0.25) is 0 Å². The van der Waals surface area contributed by atoms with Gasteiger partial charge in [-0.3, -0.25) is 9.80 Å². The SMILES string of the molecule is N[C@H]1CC=CC2CN(Cc3ccccc3)CCN2C1. The highest BCUT2D eigenvalue weighted by molar-refractivity contribution is 5.15. The lowest BCUT2D eigenvalue weighted by Gasteiger charge is -2.40. The Balaban J connectivity index is 1.62. The minimum Gasteiger partial charge on any atom is -0.326 e. The Bertz CT molecular complexity index is 429. The van der Waals surface area contributed by atoms with Gasteiger partial charge in [-0.15, -0.1) is 0 Å². The first-order valence-corrected chi connectivity index (χ1v) is 7.24. The van der Waals surface area contributed by atoms with Crippen LogP contribution in [0, 0.1) is 0 Å². The van der Waals surface area contributed by atoms with Crippen molar-refractivity contribution in [1.29, 1.82) is 0 Å². The van der Waals surface area contributed by atoms with Crippen molar-refractivity contribution in [3.05, 3.63) is 48.0 Å². The summed E-state index contributed by atoms with van der Waals surface area (Å²) >= 11 is 0. The molecule has 2 aliphatic heterocycles. The average Bonchev–Trinajstić information content (AvgIpc) is 2.60. The van der Waals surface area contributed by atoms with Crippen molar-refractivity contribution in [2.24, 2.45) is 5.73 Å². The molecule has 2 N–H and O–H groups in total. The van der Waals surface area contributed by atoms with Gasteiger partial charge in [0.15, 0.2) is 0 Å². The van der Waals surface area contributed by atoms with Crippen LogP contribution < -0.4 is 5.73 Å². The highest BCUT2D eigenvalue weighted by Crippen LogP contribution is 2.17. The number of benzene rings is 1. The molecule has 0 aliphatic carbocycles. The monoisotopic (exact) mass is 257 g/mol. The van der Waals surface area contributed by atoms with E-state index in [1.54, 1.807) is 0 Å². The predicted octanol–water partition coefficient (Wildman–Crippen LogP) is 1.46. The van der Waals surface area contributed by atoms with E-state index in [2.05, 4.69) is 52.3 Å². The van der Waals surface area contributed by atoms with Crippen molar-refractivity contribution in [1.82, 2.24) is 9.80 Å². The first kappa shape index (κ1) is 12.9. The molecule has 1 unspecified atom stereocenters. The summed E-state index contributed by atoms with van der Waals surface area (Å²) in [7, 11) is 0. The van der Waals surface area contributed by atoms with Crippen LogP contribution in [0.1, 0.15) is 12.0 Å². The van der Waals surface area contributed by atoms with Crippen molar-refractivity contribution >= 4 is 0 Å². The summed E-state index contributed by atoms with van der Waals surface area (Å²) in [6.45, 7) is 5.50. The molecule has 1 saturated heterocycles. The standard InChI is InChI=1S/C16H23N3/c17-15-7-4-8-16-13-18(9-10-19(16)12-15)11-14-5-2-1-3-6-14/h1-6,8,15-16H,7,9-13,17H2/t15-,16?/m0/s1. The molecule has 1 fully saturated rings. The Kier molecular flexibility index (Phi) is 3.97. The third kappa shape index (κ3) is 3.24. The number of rotatable bonds is 2. The Hall–Kier alpha value is -1.16. The van der Waals surface area contributed by atoms with E-state index >= 15 is 0 Å². The highest BCUT2D eigenvalue weighted by atomic mass is 15.3. The summed E-state index contributed by atoms with van der Waals surface area (Å²) in [4.78, 5) is 5.09. The van der Waals surface area contributed by atoms with Crippen LogP contribution in [0.5, 0.6) is 0 Å². The van der Waals surface area contributed by atoms with E-state index < -0.39 is 0 Å². The van der Waals surface area contributed by atoms with E-state index in [0.29, 0.717) is 12.1 Å². The van der Waals surface area contributed by atoms with E-state index in [1.807, 2.05) is 0 Å². The number of piperazine rings is 1. The minimum absolute atomic E-state index is 0.307. The molecule has 102 valence electrons. The Morgan fingerprint density at radius 1 is 1.11 bits per heavy atom. The van der Waals surface area contributed by atoms with Crippen molar-refractivity contribution in [2.75, 3.05) is 26.2 Å². The fourth-order valence-corrected chi connectivity index (χ4v) is 3.09. The summed E-state index contributed by atoms with van der Waals surface area (Å²) in [5, 5.41) is 0. The molecular weight excluding hydrogens is 234 g/mol. The van der Waals surface area contributed by atoms with Gasteiger partial charge in [-0.05, 0) is 12.0 Å². The third-order valence-electron chi connectivity index (χ3n) is 4.13. The molecule has 0 radical (unpaired) electrons. The zero-order chi connectivity index (χ0) is 13.1. The van der Waals surface area contributed by atoms with E-state index in [0.717, 1.165) is 39.1 Å². The number of fused-ring (bicyclic) bond motifs is 1. The van der Waals surface area contributed by atoms with Gasteiger partial charge in [0, 0.05) is 44.8 Å². The fourth-order valence-electron chi connectivity index (χ4n) is 3.09. The summed E-state index contributed by atoms with van der Waals surface area (Å²) < 4.78 is 0. The maximum atomic E-state index is 6.09.